The van der Waals surface area contributed by atoms with Crippen molar-refractivity contribution in [3.8, 4) is 0 Å². The average molecular weight is 1040 g/mol. The Labute approximate surface area is 462 Å². The van der Waals surface area contributed by atoms with E-state index < -0.39 is 36.5 Å². The van der Waals surface area contributed by atoms with Crippen molar-refractivity contribution in [3.05, 3.63) is 12.2 Å². The minimum absolute atomic E-state index is 0.00451. The van der Waals surface area contributed by atoms with Crippen molar-refractivity contribution in [2.24, 2.45) is 11.3 Å². The van der Waals surface area contributed by atoms with Gasteiger partial charge < -0.3 is 19.7 Å². The molecule has 0 spiro atoms. The van der Waals surface area contributed by atoms with Crippen LogP contribution in [0.5, 0.6) is 0 Å². The van der Waals surface area contributed by atoms with Crippen LogP contribution < -0.4 is 0 Å². The van der Waals surface area contributed by atoms with Crippen LogP contribution in [0.15, 0.2) is 12.2 Å². The lowest BCUT2D eigenvalue weighted by molar-refractivity contribution is -0.155. The van der Waals surface area contributed by atoms with E-state index in [2.05, 4.69) is 19.1 Å². The SMILES string of the molecule is CCCCCCCCCCCCCCCCCCCCCCCCCCCCCC/C=C/CCCCCCCCCCCCCCCCCCCCCCCCCCCC1CC(=O)OCC(CO)(CO)COC1=O. The fourth-order valence-corrected chi connectivity index (χ4v) is 11.3. The number of unbranched alkanes of at least 4 members (excludes halogenated alkanes) is 53. The fourth-order valence-electron chi connectivity index (χ4n) is 11.3. The second-order valence-corrected chi connectivity index (χ2v) is 24.2. The summed E-state index contributed by atoms with van der Waals surface area (Å²) in [6.45, 7) is 1.21. The summed E-state index contributed by atoms with van der Waals surface area (Å²) in [4.78, 5) is 24.8. The molecule has 1 heterocycles. The van der Waals surface area contributed by atoms with Crippen LogP contribution in [-0.2, 0) is 19.1 Å². The fraction of sp³-hybridized carbons (Fsp3) is 0.941. The lowest BCUT2D eigenvalue weighted by atomic mass is 9.92. The Morgan fingerprint density at radius 3 is 0.838 bits per heavy atom. The van der Waals surface area contributed by atoms with Crippen LogP contribution in [0, 0.1) is 11.3 Å². The standard InChI is InChI=1S/C68H130O6/c1-2-3-4-5-6-7-8-9-10-11-12-13-14-15-16-17-18-19-20-21-22-23-24-25-26-27-28-29-30-31-32-33-34-35-36-37-38-39-40-41-42-43-44-45-46-47-48-49-50-51-52-53-54-55-56-57-58-59-65-60-66(71)73-63-68(61-69,62-70)64-74-67(65)72/h31-32,65,69-70H,2-30,33-64H2,1H3/b32-31+. The summed E-state index contributed by atoms with van der Waals surface area (Å²) in [5, 5.41) is 19.2. The highest BCUT2D eigenvalue weighted by atomic mass is 16.6. The highest BCUT2D eigenvalue weighted by molar-refractivity contribution is 5.80. The van der Waals surface area contributed by atoms with Gasteiger partial charge in [0.2, 0.25) is 0 Å². The number of hydrogen-bond donors (Lipinski definition) is 2. The molecule has 1 aliphatic rings. The van der Waals surface area contributed by atoms with Crippen molar-refractivity contribution in [3.63, 3.8) is 0 Å². The molecular weight excluding hydrogens is 913 g/mol. The molecule has 0 aromatic heterocycles. The number of ether oxygens (including phenoxy) is 2. The van der Waals surface area contributed by atoms with E-state index in [-0.39, 0.29) is 19.6 Å². The molecule has 6 nitrogen and oxygen atoms in total. The lowest BCUT2D eigenvalue weighted by Crippen LogP contribution is -2.40. The van der Waals surface area contributed by atoms with E-state index in [1.807, 2.05) is 0 Å². The van der Waals surface area contributed by atoms with Gasteiger partial charge in [-0.2, -0.15) is 0 Å². The third-order valence-corrected chi connectivity index (χ3v) is 16.8. The van der Waals surface area contributed by atoms with Gasteiger partial charge in [0.05, 0.1) is 31.0 Å². The van der Waals surface area contributed by atoms with Crippen molar-refractivity contribution in [1.29, 1.82) is 0 Å². The molecule has 1 atom stereocenters. The van der Waals surface area contributed by atoms with Crippen LogP contribution >= 0.6 is 0 Å². The minimum Gasteiger partial charge on any atom is -0.465 e. The lowest BCUT2D eigenvalue weighted by Gasteiger charge is -2.27. The van der Waals surface area contributed by atoms with Gasteiger partial charge in [-0.3, -0.25) is 9.59 Å². The molecule has 1 saturated heterocycles. The summed E-state index contributed by atoms with van der Waals surface area (Å²) < 4.78 is 10.6. The van der Waals surface area contributed by atoms with E-state index in [0.717, 1.165) is 19.3 Å². The summed E-state index contributed by atoms with van der Waals surface area (Å²) in [7, 11) is 0. The molecule has 0 aromatic rings. The smallest absolute Gasteiger partial charge is 0.309 e. The third-order valence-electron chi connectivity index (χ3n) is 16.8. The maximum atomic E-state index is 12.6. The Bertz CT molecular complexity index is 1160. The number of allylic oxidation sites excluding steroid dienone is 2. The summed E-state index contributed by atoms with van der Waals surface area (Å²) in [5.74, 6) is -1.40. The first-order valence-corrected chi connectivity index (χ1v) is 33.8. The zero-order chi connectivity index (χ0) is 53.2. The van der Waals surface area contributed by atoms with Gasteiger partial charge in [-0.25, -0.2) is 0 Å². The normalized spacial score (nSPS) is 15.1. The number of carbonyl (C=O) groups excluding carboxylic acids is 2. The number of esters is 2. The van der Waals surface area contributed by atoms with Crippen molar-refractivity contribution in [1.82, 2.24) is 0 Å². The predicted octanol–water partition coefficient (Wildman–Crippen LogP) is 21.5. The number of aliphatic hydroxyl groups is 2. The van der Waals surface area contributed by atoms with Gasteiger partial charge in [0, 0.05) is 0 Å². The Kier molecular flexibility index (Phi) is 55.1. The largest absolute Gasteiger partial charge is 0.465 e. The van der Waals surface area contributed by atoms with Crippen LogP contribution in [0.25, 0.3) is 0 Å². The van der Waals surface area contributed by atoms with E-state index in [1.54, 1.807) is 0 Å². The van der Waals surface area contributed by atoms with Crippen LogP contribution in [0.1, 0.15) is 373 Å². The average Bonchev–Trinajstić information content (AvgIpc) is 3.47. The van der Waals surface area contributed by atoms with E-state index in [0.29, 0.717) is 6.42 Å². The van der Waals surface area contributed by atoms with Crippen molar-refractivity contribution in [2.75, 3.05) is 26.4 Å². The second kappa shape index (κ2) is 57.8. The molecule has 1 unspecified atom stereocenters. The molecule has 0 amide bonds. The van der Waals surface area contributed by atoms with Crippen LogP contribution in [0.4, 0.5) is 0 Å². The van der Waals surface area contributed by atoms with Gasteiger partial charge in [-0.15, -0.1) is 0 Å². The summed E-state index contributed by atoms with van der Waals surface area (Å²) in [6, 6.07) is 0. The number of hydrogen-bond acceptors (Lipinski definition) is 6. The Hall–Kier alpha value is -1.40. The van der Waals surface area contributed by atoms with Gasteiger partial charge in [-0.05, 0) is 32.1 Å². The van der Waals surface area contributed by atoms with Crippen molar-refractivity contribution >= 4 is 11.9 Å². The first kappa shape index (κ1) is 70.6. The van der Waals surface area contributed by atoms with Crippen LogP contribution in [-0.4, -0.2) is 48.6 Å². The van der Waals surface area contributed by atoms with E-state index >= 15 is 0 Å². The van der Waals surface area contributed by atoms with E-state index in [4.69, 9.17) is 9.47 Å². The maximum absolute atomic E-state index is 12.6. The molecule has 74 heavy (non-hydrogen) atoms. The predicted molar refractivity (Wildman–Crippen MR) is 320 cm³/mol. The van der Waals surface area contributed by atoms with E-state index in [9.17, 15) is 19.8 Å². The zero-order valence-electron chi connectivity index (χ0n) is 49.9. The number of cyclic esters (lactones) is 2. The quantitative estimate of drug-likeness (QED) is 0.0358. The van der Waals surface area contributed by atoms with Crippen LogP contribution in [0.3, 0.4) is 0 Å². The van der Waals surface area contributed by atoms with Crippen molar-refractivity contribution < 1.29 is 29.3 Å². The number of carbonyl (C=O) groups is 2. The maximum Gasteiger partial charge on any atom is 0.309 e. The summed E-state index contributed by atoms with van der Waals surface area (Å²) in [5.41, 5.74) is -1.12. The van der Waals surface area contributed by atoms with Crippen molar-refractivity contribution in [2.45, 2.75) is 373 Å². The monoisotopic (exact) mass is 1040 g/mol. The molecule has 1 rings (SSSR count). The number of aliphatic hydroxyl groups excluding tert-OH is 2. The molecule has 438 valence electrons. The van der Waals surface area contributed by atoms with Gasteiger partial charge in [0.25, 0.3) is 0 Å². The molecule has 2 N–H and O–H groups in total. The molecule has 6 heteroatoms. The Morgan fingerprint density at radius 2 is 0.581 bits per heavy atom. The molecule has 0 radical (unpaired) electrons. The first-order chi connectivity index (χ1) is 36.6. The van der Waals surface area contributed by atoms with Gasteiger partial charge in [0.1, 0.15) is 13.2 Å². The molecule has 0 aliphatic carbocycles. The van der Waals surface area contributed by atoms with Gasteiger partial charge >= 0.3 is 11.9 Å². The molecule has 0 aromatic carbocycles. The zero-order valence-corrected chi connectivity index (χ0v) is 49.9. The highest BCUT2D eigenvalue weighted by Gasteiger charge is 2.36. The number of rotatable bonds is 59. The first-order valence-electron chi connectivity index (χ1n) is 33.8. The summed E-state index contributed by atoms with van der Waals surface area (Å²) >= 11 is 0. The molecule has 1 aliphatic heterocycles. The third kappa shape index (κ3) is 48.9. The van der Waals surface area contributed by atoms with Crippen LogP contribution in [0.2, 0.25) is 0 Å². The minimum atomic E-state index is -1.12. The second-order valence-electron chi connectivity index (χ2n) is 24.2. The van der Waals surface area contributed by atoms with E-state index in [1.165, 1.54) is 334 Å². The molecule has 0 bridgehead atoms. The Balaban J connectivity index is 1.67. The molecule has 0 saturated carbocycles. The summed E-state index contributed by atoms with van der Waals surface area (Å²) in [6.07, 6.45) is 83.1. The molecular formula is C68H130O6. The molecule has 1 fully saturated rings. The highest BCUT2D eigenvalue weighted by Crippen LogP contribution is 2.25. The van der Waals surface area contributed by atoms with Gasteiger partial charge in [-0.1, -0.05) is 347 Å². The van der Waals surface area contributed by atoms with Gasteiger partial charge in [0.15, 0.2) is 0 Å². The topological polar surface area (TPSA) is 93.1 Å². The Morgan fingerprint density at radius 1 is 0.351 bits per heavy atom.